The van der Waals surface area contributed by atoms with E-state index in [0.29, 0.717) is 41.4 Å². The first-order chi connectivity index (χ1) is 15.9. The van der Waals surface area contributed by atoms with Gasteiger partial charge in [0.05, 0.1) is 17.7 Å². The lowest BCUT2D eigenvalue weighted by Gasteiger charge is -2.22. The Hall–Kier alpha value is -3.75. The number of hydrogen-bond donors (Lipinski definition) is 0. The van der Waals surface area contributed by atoms with E-state index in [-0.39, 0.29) is 0 Å². The molecule has 0 spiro atoms. The van der Waals surface area contributed by atoms with Gasteiger partial charge in [-0.1, -0.05) is 12.1 Å². The first kappa shape index (κ1) is 21.1. The molecule has 0 unspecified atom stereocenters. The minimum Gasteiger partial charge on any atom is -0.303 e. The molecular formula is C24H19F4N5. The third-order valence-corrected chi connectivity index (χ3v) is 5.69. The number of imidazole rings is 1. The summed E-state index contributed by atoms with van der Waals surface area (Å²) in [7, 11) is 0. The Morgan fingerprint density at radius 3 is 2.48 bits per heavy atom. The zero-order chi connectivity index (χ0) is 23.1. The second-order valence-corrected chi connectivity index (χ2v) is 8.01. The van der Waals surface area contributed by atoms with E-state index in [2.05, 4.69) is 15.1 Å². The molecule has 1 aliphatic heterocycles. The fourth-order valence-electron chi connectivity index (χ4n) is 4.09. The van der Waals surface area contributed by atoms with E-state index in [1.54, 1.807) is 46.1 Å². The SMILES string of the molecule is Cc1cn(-c2ccc(/C=C/c3nc4n(n3)CCC[C@H]4c3cc(F)c(F)c(F)c3)cc2F)cn1. The molecule has 9 heteroatoms. The van der Waals surface area contributed by atoms with Gasteiger partial charge in [0.2, 0.25) is 0 Å². The highest BCUT2D eigenvalue weighted by molar-refractivity contribution is 5.67. The van der Waals surface area contributed by atoms with E-state index in [0.717, 1.165) is 24.2 Å². The first-order valence-corrected chi connectivity index (χ1v) is 10.5. The van der Waals surface area contributed by atoms with E-state index in [1.807, 2.05) is 6.92 Å². The Balaban J connectivity index is 1.40. The Kier molecular flexibility index (Phi) is 5.32. The third kappa shape index (κ3) is 4.06. The van der Waals surface area contributed by atoms with Crippen molar-refractivity contribution in [1.82, 2.24) is 24.3 Å². The van der Waals surface area contributed by atoms with Crippen molar-refractivity contribution >= 4 is 12.2 Å². The number of aromatic nitrogens is 5. The van der Waals surface area contributed by atoms with Crippen LogP contribution in [0.4, 0.5) is 17.6 Å². The number of benzene rings is 2. The molecule has 0 radical (unpaired) electrons. The monoisotopic (exact) mass is 453 g/mol. The number of fused-ring (bicyclic) bond motifs is 1. The largest absolute Gasteiger partial charge is 0.303 e. The maximum absolute atomic E-state index is 14.6. The van der Waals surface area contributed by atoms with Crippen molar-refractivity contribution in [2.24, 2.45) is 0 Å². The predicted octanol–water partition coefficient (Wildman–Crippen LogP) is 5.42. The van der Waals surface area contributed by atoms with Crippen LogP contribution in [0.25, 0.3) is 17.8 Å². The van der Waals surface area contributed by atoms with Gasteiger partial charge in [-0.05, 0) is 61.2 Å². The van der Waals surface area contributed by atoms with Crippen LogP contribution in [0.2, 0.25) is 0 Å². The third-order valence-electron chi connectivity index (χ3n) is 5.69. The molecule has 1 atom stereocenters. The van der Waals surface area contributed by atoms with Gasteiger partial charge in [-0.2, -0.15) is 5.10 Å². The number of aryl methyl sites for hydroxylation is 2. The molecule has 0 bridgehead atoms. The maximum atomic E-state index is 14.6. The van der Waals surface area contributed by atoms with Crippen molar-refractivity contribution < 1.29 is 17.6 Å². The van der Waals surface area contributed by atoms with Crippen LogP contribution in [0.3, 0.4) is 0 Å². The number of hydrogen-bond acceptors (Lipinski definition) is 3. The molecule has 0 saturated carbocycles. The van der Waals surface area contributed by atoms with Crippen LogP contribution in [0.15, 0.2) is 42.9 Å². The molecule has 5 nitrogen and oxygen atoms in total. The van der Waals surface area contributed by atoms with Gasteiger partial charge in [0, 0.05) is 18.7 Å². The lowest BCUT2D eigenvalue weighted by atomic mass is 9.91. The first-order valence-electron chi connectivity index (χ1n) is 10.5. The van der Waals surface area contributed by atoms with Crippen LogP contribution in [0, 0.1) is 30.2 Å². The normalized spacial score (nSPS) is 15.8. The topological polar surface area (TPSA) is 48.5 Å². The summed E-state index contributed by atoms with van der Waals surface area (Å²) in [6.45, 7) is 2.45. The molecule has 1 aliphatic rings. The predicted molar refractivity (Wildman–Crippen MR) is 115 cm³/mol. The Labute approximate surface area is 187 Å². The van der Waals surface area contributed by atoms with Gasteiger partial charge in [0.15, 0.2) is 23.3 Å². The van der Waals surface area contributed by atoms with Crippen molar-refractivity contribution in [3.05, 3.63) is 94.6 Å². The standard InChI is InChI=1S/C24H19F4N5/c1-14-12-32(13-29-14)21-6-4-15(9-18(21)25)5-7-22-30-24-17(3-2-8-33(24)31-22)16-10-19(26)23(28)20(27)11-16/h4-7,9-13,17H,2-3,8H2,1H3/b7-5+/t17-/m0/s1. The average molecular weight is 453 g/mol. The van der Waals surface area contributed by atoms with Crippen molar-refractivity contribution in [2.75, 3.05) is 0 Å². The van der Waals surface area contributed by atoms with Gasteiger partial charge in [-0.3, -0.25) is 0 Å². The van der Waals surface area contributed by atoms with Crippen molar-refractivity contribution in [1.29, 1.82) is 0 Å². The van der Waals surface area contributed by atoms with E-state index in [1.165, 1.54) is 6.07 Å². The highest BCUT2D eigenvalue weighted by Gasteiger charge is 2.27. The fourth-order valence-corrected chi connectivity index (χ4v) is 4.09. The van der Waals surface area contributed by atoms with Crippen LogP contribution >= 0.6 is 0 Å². The molecule has 0 N–H and O–H groups in total. The maximum Gasteiger partial charge on any atom is 0.194 e. The summed E-state index contributed by atoms with van der Waals surface area (Å²) in [4.78, 5) is 8.63. The zero-order valence-corrected chi connectivity index (χ0v) is 17.6. The molecule has 0 aliphatic carbocycles. The quantitative estimate of drug-likeness (QED) is 0.306. The second-order valence-electron chi connectivity index (χ2n) is 8.01. The van der Waals surface area contributed by atoms with Crippen LogP contribution < -0.4 is 0 Å². The summed E-state index contributed by atoms with van der Waals surface area (Å²) in [6.07, 6.45) is 8.00. The van der Waals surface area contributed by atoms with E-state index < -0.39 is 29.2 Å². The number of rotatable bonds is 4. The van der Waals surface area contributed by atoms with Crippen LogP contribution in [-0.4, -0.2) is 24.3 Å². The molecule has 2 aromatic heterocycles. The zero-order valence-electron chi connectivity index (χ0n) is 17.6. The van der Waals surface area contributed by atoms with E-state index in [4.69, 9.17) is 0 Å². The molecule has 2 aromatic carbocycles. The van der Waals surface area contributed by atoms with Crippen molar-refractivity contribution in [2.45, 2.75) is 32.2 Å². The van der Waals surface area contributed by atoms with Crippen LogP contribution in [0.5, 0.6) is 0 Å². The van der Waals surface area contributed by atoms with Crippen LogP contribution in [-0.2, 0) is 6.54 Å². The minimum atomic E-state index is -1.49. The molecule has 3 heterocycles. The molecular weight excluding hydrogens is 434 g/mol. The van der Waals surface area contributed by atoms with Gasteiger partial charge < -0.3 is 4.57 Å². The van der Waals surface area contributed by atoms with Gasteiger partial charge in [0.1, 0.15) is 11.6 Å². The Bertz CT molecular complexity index is 1350. The smallest absolute Gasteiger partial charge is 0.194 e. The Morgan fingerprint density at radius 2 is 1.79 bits per heavy atom. The second kappa shape index (κ2) is 8.31. The highest BCUT2D eigenvalue weighted by atomic mass is 19.2. The van der Waals surface area contributed by atoms with Gasteiger partial charge >= 0.3 is 0 Å². The highest BCUT2D eigenvalue weighted by Crippen LogP contribution is 2.33. The summed E-state index contributed by atoms with van der Waals surface area (Å²) in [5.74, 6) is -3.77. The minimum absolute atomic E-state index is 0.322. The molecule has 0 saturated heterocycles. The van der Waals surface area contributed by atoms with Gasteiger partial charge in [0.25, 0.3) is 0 Å². The summed E-state index contributed by atoms with van der Waals surface area (Å²) in [5, 5.41) is 4.45. The molecule has 0 amide bonds. The summed E-state index contributed by atoms with van der Waals surface area (Å²) in [6, 6.07) is 6.86. The Morgan fingerprint density at radius 1 is 1.00 bits per heavy atom. The van der Waals surface area contributed by atoms with E-state index in [9.17, 15) is 17.6 Å². The van der Waals surface area contributed by atoms with Gasteiger partial charge in [-0.25, -0.2) is 32.2 Å². The van der Waals surface area contributed by atoms with Crippen molar-refractivity contribution in [3.63, 3.8) is 0 Å². The summed E-state index contributed by atoms with van der Waals surface area (Å²) >= 11 is 0. The average Bonchev–Trinajstić information content (AvgIpc) is 3.41. The number of nitrogens with zero attached hydrogens (tertiary/aromatic N) is 5. The molecule has 5 rings (SSSR count). The lowest BCUT2D eigenvalue weighted by Crippen LogP contribution is -2.18. The summed E-state index contributed by atoms with van der Waals surface area (Å²) in [5.41, 5.74) is 2.13. The van der Waals surface area contributed by atoms with Gasteiger partial charge in [-0.15, -0.1) is 0 Å². The molecule has 0 fully saturated rings. The van der Waals surface area contributed by atoms with Crippen LogP contribution in [0.1, 0.15) is 47.2 Å². The molecule has 168 valence electrons. The molecule has 4 aromatic rings. The molecule has 33 heavy (non-hydrogen) atoms. The van der Waals surface area contributed by atoms with E-state index >= 15 is 0 Å². The number of halogens is 4. The van der Waals surface area contributed by atoms with Crippen molar-refractivity contribution in [3.8, 4) is 5.69 Å². The fraction of sp³-hybridized carbons (Fsp3) is 0.208. The summed E-state index contributed by atoms with van der Waals surface area (Å²) < 4.78 is 58.8. The lowest BCUT2D eigenvalue weighted by molar-refractivity contribution is 0.427.